The second kappa shape index (κ2) is 6.57. The maximum absolute atomic E-state index is 10.7. The Balaban J connectivity index is 3.06. The summed E-state index contributed by atoms with van der Waals surface area (Å²) in [6.07, 6.45) is 17.2. The molecule has 16 heavy (non-hydrogen) atoms. The first-order valence-corrected chi connectivity index (χ1v) is 5.30. The first kappa shape index (κ1) is 12.2. The van der Waals surface area contributed by atoms with Gasteiger partial charge < -0.3 is 0 Å². The van der Waals surface area contributed by atoms with Crippen LogP contribution in [0.3, 0.4) is 0 Å². The molecule has 1 aliphatic rings. The third-order valence-electron chi connectivity index (χ3n) is 2.26. The Hall–Kier alpha value is -1.89. The lowest BCUT2D eigenvalue weighted by Gasteiger charge is -2.00. The molecule has 0 N–H and O–H groups in total. The zero-order valence-corrected chi connectivity index (χ0v) is 9.52. The lowest BCUT2D eigenvalue weighted by molar-refractivity contribution is -0.104. The molecule has 0 unspecified atom stereocenters. The molecule has 0 aromatic carbocycles. The van der Waals surface area contributed by atoms with E-state index in [1.165, 1.54) is 0 Å². The topological polar surface area (TPSA) is 17.1 Å². The molecule has 0 saturated carbocycles. The van der Waals surface area contributed by atoms with Crippen LogP contribution in [0.15, 0.2) is 71.9 Å². The van der Waals surface area contributed by atoms with Crippen LogP contribution in [0.1, 0.15) is 13.3 Å². The Kier molecular flexibility index (Phi) is 5.00. The molecule has 82 valence electrons. The van der Waals surface area contributed by atoms with E-state index in [1.807, 2.05) is 49.5 Å². The molecule has 0 atom stereocenters. The predicted molar refractivity (Wildman–Crippen MR) is 69.1 cm³/mol. The van der Waals surface area contributed by atoms with Gasteiger partial charge in [-0.1, -0.05) is 55.2 Å². The Morgan fingerprint density at radius 2 is 2.25 bits per heavy atom. The normalized spacial score (nSPS) is 16.7. The molecule has 0 aromatic rings. The number of rotatable bonds is 4. The van der Waals surface area contributed by atoms with Crippen molar-refractivity contribution in [3.8, 4) is 0 Å². The van der Waals surface area contributed by atoms with E-state index in [4.69, 9.17) is 0 Å². The van der Waals surface area contributed by atoms with Crippen LogP contribution in [0.5, 0.6) is 0 Å². The van der Waals surface area contributed by atoms with Crippen LogP contribution >= 0.6 is 0 Å². The largest absolute Gasteiger partial charge is 0.298 e. The average molecular weight is 212 g/mol. The zero-order chi connectivity index (χ0) is 11.8. The van der Waals surface area contributed by atoms with Crippen LogP contribution in [-0.4, -0.2) is 6.29 Å². The summed E-state index contributed by atoms with van der Waals surface area (Å²) >= 11 is 0. The van der Waals surface area contributed by atoms with E-state index < -0.39 is 0 Å². The van der Waals surface area contributed by atoms with Gasteiger partial charge in [0.05, 0.1) is 0 Å². The molecule has 0 aliphatic heterocycles. The summed E-state index contributed by atoms with van der Waals surface area (Å²) in [5.41, 5.74) is 2.98. The fourth-order valence-corrected chi connectivity index (χ4v) is 1.48. The van der Waals surface area contributed by atoms with Gasteiger partial charge in [-0.3, -0.25) is 4.79 Å². The minimum atomic E-state index is 0.695. The molecule has 0 heterocycles. The highest BCUT2D eigenvalue weighted by atomic mass is 16.1. The summed E-state index contributed by atoms with van der Waals surface area (Å²) in [5, 5.41) is 0. The summed E-state index contributed by atoms with van der Waals surface area (Å²) in [5.74, 6) is 0. The molecule has 0 spiro atoms. The molecule has 0 fully saturated rings. The summed E-state index contributed by atoms with van der Waals surface area (Å²) < 4.78 is 0. The molecular weight excluding hydrogens is 196 g/mol. The first-order chi connectivity index (χ1) is 7.81. The van der Waals surface area contributed by atoms with Crippen LogP contribution in [0.25, 0.3) is 0 Å². The average Bonchev–Trinajstić information content (AvgIpc) is 2.53. The van der Waals surface area contributed by atoms with E-state index in [2.05, 4.69) is 6.58 Å². The van der Waals surface area contributed by atoms with Gasteiger partial charge in [-0.05, 0) is 30.1 Å². The Labute approximate surface area is 96.9 Å². The van der Waals surface area contributed by atoms with Crippen LogP contribution in [0.2, 0.25) is 0 Å². The highest BCUT2D eigenvalue weighted by Crippen LogP contribution is 2.18. The highest BCUT2D eigenvalue weighted by Gasteiger charge is 2.00. The van der Waals surface area contributed by atoms with Gasteiger partial charge in [0.1, 0.15) is 6.29 Å². The van der Waals surface area contributed by atoms with Crippen LogP contribution < -0.4 is 0 Å². The Bertz CT molecular complexity index is 415. The van der Waals surface area contributed by atoms with Crippen molar-refractivity contribution in [1.82, 2.24) is 0 Å². The van der Waals surface area contributed by atoms with Gasteiger partial charge in [0.2, 0.25) is 0 Å². The van der Waals surface area contributed by atoms with E-state index in [0.717, 1.165) is 23.0 Å². The van der Waals surface area contributed by atoms with Crippen molar-refractivity contribution >= 4 is 6.29 Å². The van der Waals surface area contributed by atoms with Gasteiger partial charge in [-0.15, -0.1) is 0 Å². The van der Waals surface area contributed by atoms with Crippen LogP contribution in [0, 0.1) is 0 Å². The van der Waals surface area contributed by atoms with Crippen molar-refractivity contribution in [3.05, 3.63) is 71.9 Å². The molecule has 0 radical (unpaired) electrons. The van der Waals surface area contributed by atoms with Crippen molar-refractivity contribution in [3.63, 3.8) is 0 Å². The predicted octanol–water partition coefficient (Wildman–Crippen LogP) is 3.69. The SMILES string of the molecule is C=C/C=C(\C=C/C)C1=CC=C(C=O)CC=C1. The smallest absolute Gasteiger partial charge is 0.146 e. The number of aldehydes is 1. The Morgan fingerprint density at radius 3 is 2.88 bits per heavy atom. The lowest BCUT2D eigenvalue weighted by atomic mass is 10.0. The zero-order valence-electron chi connectivity index (χ0n) is 9.52. The second-order valence-electron chi connectivity index (χ2n) is 3.45. The molecule has 0 saturated heterocycles. The monoisotopic (exact) mass is 212 g/mol. The first-order valence-electron chi connectivity index (χ1n) is 5.30. The van der Waals surface area contributed by atoms with Gasteiger partial charge in [-0.2, -0.15) is 0 Å². The maximum atomic E-state index is 10.7. The minimum absolute atomic E-state index is 0.695. The number of hydrogen-bond donors (Lipinski definition) is 0. The molecule has 1 rings (SSSR count). The van der Waals surface area contributed by atoms with Gasteiger partial charge in [0, 0.05) is 0 Å². The van der Waals surface area contributed by atoms with E-state index in [0.29, 0.717) is 6.42 Å². The second-order valence-corrected chi connectivity index (χ2v) is 3.45. The molecule has 0 amide bonds. The number of carbonyl (C=O) groups excluding carboxylic acids is 1. The van der Waals surface area contributed by atoms with Crippen molar-refractivity contribution in [2.45, 2.75) is 13.3 Å². The van der Waals surface area contributed by atoms with Crippen molar-refractivity contribution < 1.29 is 4.79 Å². The standard InChI is InChI=1S/C15H16O/c1-3-6-14(7-4-2)15-9-5-8-13(12-16)10-11-15/h3-7,9-12H,1,8H2,2H3/b7-4-,14-6+. The molecule has 0 bridgehead atoms. The number of hydrogen-bond acceptors (Lipinski definition) is 1. The summed E-state index contributed by atoms with van der Waals surface area (Å²) in [6.45, 7) is 5.68. The van der Waals surface area contributed by atoms with Gasteiger partial charge in [0.25, 0.3) is 0 Å². The van der Waals surface area contributed by atoms with E-state index in [1.54, 1.807) is 6.08 Å². The highest BCUT2D eigenvalue weighted by molar-refractivity contribution is 5.75. The molecular formula is C15H16O. The summed E-state index contributed by atoms with van der Waals surface area (Å²) in [4.78, 5) is 10.7. The van der Waals surface area contributed by atoms with Crippen molar-refractivity contribution in [2.75, 3.05) is 0 Å². The molecule has 1 nitrogen and oxygen atoms in total. The van der Waals surface area contributed by atoms with Gasteiger partial charge >= 0.3 is 0 Å². The van der Waals surface area contributed by atoms with E-state index >= 15 is 0 Å². The van der Waals surface area contributed by atoms with E-state index in [-0.39, 0.29) is 0 Å². The summed E-state index contributed by atoms with van der Waals surface area (Å²) in [7, 11) is 0. The third-order valence-corrected chi connectivity index (χ3v) is 2.26. The van der Waals surface area contributed by atoms with Gasteiger partial charge in [0.15, 0.2) is 0 Å². The molecule has 0 aromatic heterocycles. The van der Waals surface area contributed by atoms with Crippen LogP contribution in [0.4, 0.5) is 0 Å². The number of allylic oxidation sites excluding steroid dienone is 11. The third kappa shape index (κ3) is 3.35. The quantitative estimate of drug-likeness (QED) is 0.513. The summed E-state index contributed by atoms with van der Waals surface area (Å²) in [6, 6.07) is 0. The van der Waals surface area contributed by atoms with Crippen molar-refractivity contribution in [1.29, 1.82) is 0 Å². The molecule has 1 aliphatic carbocycles. The number of carbonyl (C=O) groups is 1. The minimum Gasteiger partial charge on any atom is -0.298 e. The maximum Gasteiger partial charge on any atom is 0.146 e. The fraction of sp³-hybridized carbons (Fsp3) is 0.133. The van der Waals surface area contributed by atoms with Crippen LogP contribution in [-0.2, 0) is 4.79 Å². The Morgan fingerprint density at radius 1 is 1.44 bits per heavy atom. The lowest BCUT2D eigenvalue weighted by Crippen LogP contribution is -1.81. The molecule has 1 heteroatoms. The van der Waals surface area contributed by atoms with Crippen molar-refractivity contribution in [2.24, 2.45) is 0 Å². The van der Waals surface area contributed by atoms with Gasteiger partial charge in [-0.25, -0.2) is 0 Å². The fourth-order valence-electron chi connectivity index (χ4n) is 1.48. The van der Waals surface area contributed by atoms with E-state index in [9.17, 15) is 4.79 Å².